The molecule has 0 amide bonds. The molecule has 0 aliphatic carbocycles. The minimum atomic E-state index is -3.77. The largest absolute Gasteiger partial charge is 0.469 e. The highest BCUT2D eigenvalue weighted by Gasteiger charge is 2.19. The Morgan fingerprint density at radius 1 is 1.07 bits per heavy atom. The van der Waals surface area contributed by atoms with Gasteiger partial charge in [-0.05, 0) is 30.2 Å². The summed E-state index contributed by atoms with van der Waals surface area (Å²) in [5.74, 6) is -0.422. The van der Waals surface area contributed by atoms with Gasteiger partial charge in [0, 0.05) is 4.88 Å². The Morgan fingerprint density at radius 3 is 2.33 bits per heavy atom. The van der Waals surface area contributed by atoms with E-state index in [1.807, 2.05) is 30.3 Å². The third kappa shape index (κ3) is 4.53. The molecule has 140 valence electrons. The second-order valence-corrected chi connectivity index (χ2v) is 8.66. The summed E-state index contributed by atoms with van der Waals surface area (Å²) in [6.45, 7) is 1.78. The Morgan fingerprint density at radius 2 is 1.70 bits per heavy atom. The van der Waals surface area contributed by atoms with Crippen LogP contribution in [0.4, 0.5) is 5.13 Å². The van der Waals surface area contributed by atoms with Crippen LogP contribution < -0.4 is 4.72 Å². The van der Waals surface area contributed by atoms with E-state index < -0.39 is 16.0 Å². The van der Waals surface area contributed by atoms with Crippen LogP contribution in [0.2, 0.25) is 0 Å². The van der Waals surface area contributed by atoms with Crippen molar-refractivity contribution >= 4 is 32.5 Å². The van der Waals surface area contributed by atoms with Gasteiger partial charge in [-0.25, -0.2) is 13.4 Å². The van der Waals surface area contributed by atoms with E-state index in [9.17, 15) is 13.2 Å². The quantitative estimate of drug-likeness (QED) is 0.636. The van der Waals surface area contributed by atoms with Crippen LogP contribution in [0.15, 0.2) is 59.5 Å². The fourth-order valence-electron chi connectivity index (χ4n) is 2.48. The van der Waals surface area contributed by atoms with Gasteiger partial charge < -0.3 is 4.74 Å². The molecule has 1 N–H and O–H groups in total. The highest BCUT2D eigenvalue weighted by atomic mass is 32.2. The van der Waals surface area contributed by atoms with E-state index in [4.69, 9.17) is 0 Å². The van der Waals surface area contributed by atoms with Gasteiger partial charge in [-0.15, -0.1) is 11.3 Å². The normalized spacial score (nSPS) is 11.2. The highest BCUT2D eigenvalue weighted by molar-refractivity contribution is 7.93. The minimum Gasteiger partial charge on any atom is -0.469 e. The lowest BCUT2D eigenvalue weighted by molar-refractivity contribution is -0.139. The molecule has 3 rings (SSSR count). The zero-order chi connectivity index (χ0) is 19.4. The molecule has 3 aromatic rings. The van der Waals surface area contributed by atoms with Crippen molar-refractivity contribution < 1.29 is 17.9 Å². The molecular formula is C19H18N2O4S2. The van der Waals surface area contributed by atoms with Crippen molar-refractivity contribution in [2.24, 2.45) is 0 Å². The molecule has 0 bridgehead atoms. The van der Waals surface area contributed by atoms with E-state index in [0.29, 0.717) is 5.69 Å². The molecule has 0 radical (unpaired) electrons. The Balaban J connectivity index is 1.79. The van der Waals surface area contributed by atoms with Crippen LogP contribution in [0.3, 0.4) is 0 Å². The van der Waals surface area contributed by atoms with Crippen LogP contribution in [-0.2, 0) is 26.0 Å². The lowest BCUT2D eigenvalue weighted by Crippen LogP contribution is -2.13. The van der Waals surface area contributed by atoms with Gasteiger partial charge in [0.1, 0.15) is 0 Å². The van der Waals surface area contributed by atoms with Crippen molar-refractivity contribution in [2.45, 2.75) is 18.2 Å². The summed E-state index contributed by atoms with van der Waals surface area (Å²) in [6.07, 6.45) is 0.00628. The fourth-order valence-corrected chi connectivity index (χ4v) is 4.54. The Hall–Kier alpha value is -2.71. The molecule has 1 aromatic heterocycles. The molecule has 8 heteroatoms. The number of aryl methyl sites for hydroxylation is 1. The van der Waals surface area contributed by atoms with Gasteiger partial charge in [-0.1, -0.05) is 42.5 Å². The summed E-state index contributed by atoms with van der Waals surface area (Å²) in [5.41, 5.74) is 2.45. The fraction of sp³-hybridized carbons (Fsp3) is 0.158. The minimum absolute atomic E-state index is 0.00628. The zero-order valence-corrected chi connectivity index (χ0v) is 16.4. The van der Waals surface area contributed by atoms with Crippen LogP contribution in [0.1, 0.15) is 10.6 Å². The number of methoxy groups -OCH3 is 1. The second-order valence-electron chi connectivity index (χ2n) is 5.77. The third-order valence-corrected chi connectivity index (χ3v) is 6.34. The van der Waals surface area contributed by atoms with Crippen LogP contribution in [0.25, 0.3) is 11.1 Å². The van der Waals surface area contributed by atoms with Crippen LogP contribution in [0, 0.1) is 6.92 Å². The first kappa shape index (κ1) is 19.1. The molecule has 6 nitrogen and oxygen atoms in total. The molecule has 2 aromatic carbocycles. The molecule has 1 heterocycles. The summed E-state index contributed by atoms with van der Waals surface area (Å²) in [7, 11) is -2.47. The summed E-state index contributed by atoms with van der Waals surface area (Å²) < 4.78 is 32.3. The van der Waals surface area contributed by atoms with E-state index in [0.717, 1.165) is 16.0 Å². The smallest absolute Gasteiger partial charge is 0.311 e. The first-order chi connectivity index (χ1) is 12.9. The topological polar surface area (TPSA) is 85.4 Å². The number of carbonyl (C=O) groups is 1. The standard InChI is InChI=1S/C19H18N2O4S2/c1-13-17(12-18(22)25-2)20-19(26-13)21-27(23,24)16-10-8-15(9-11-16)14-6-4-3-5-7-14/h3-11H,12H2,1-2H3,(H,20,21). The first-order valence-electron chi connectivity index (χ1n) is 8.10. The number of carbonyl (C=O) groups excluding carboxylic acids is 1. The van der Waals surface area contributed by atoms with Crippen molar-refractivity contribution in [1.82, 2.24) is 4.98 Å². The number of aromatic nitrogens is 1. The van der Waals surface area contributed by atoms with Gasteiger partial charge in [0.15, 0.2) is 5.13 Å². The summed E-state index contributed by atoms with van der Waals surface area (Å²) in [6, 6.07) is 16.3. The van der Waals surface area contributed by atoms with E-state index in [1.54, 1.807) is 31.2 Å². The molecule has 0 saturated carbocycles. The van der Waals surface area contributed by atoms with Crippen molar-refractivity contribution in [3.63, 3.8) is 0 Å². The summed E-state index contributed by atoms with van der Waals surface area (Å²) in [5, 5.41) is 0.221. The SMILES string of the molecule is COC(=O)Cc1nc(NS(=O)(=O)c2ccc(-c3ccccc3)cc2)sc1C. The maximum atomic E-state index is 12.6. The summed E-state index contributed by atoms with van der Waals surface area (Å²) >= 11 is 1.18. The van der Waals surface area contributed by atoms with Gasteiger partial charge in [-0.2, -0.15) is 0 Å². The van der Waals surface area contributed by atoms with Gasteiger partial charge in [0.05, 0.1) is 24.1 Å². The number of benzene rings is 2. The predicted molar refractivity (Wildman–Crippen MR) is 105 cm³/mol. The maximum Gasteiger partial charge on any atom is 0.311 e. The predicted octanol–water partition coefficient (Wildman–Crippen LogP) is 3.63. The molecule has 0 fully saturated rings. The number of nitrogens with zero attached hydrogens (tertiary/aromatic N) is 1. The molecular weight excluding hydrogens is 384 g/mol. The monoisotopic (exact) mass is 402 g/mol. The van der Waals surface area contributed by atoms with Crippen molar-refractivity contribution in [3.05, 3.63) is 65.2 Å². The second kappa shape index (κ2) is 7.89. The zero-order valence-electron chi connectivity index (χ0n) is 14.8. The third-order valence-electron chi connectivity index (χ3n) is 3.93. The van der Waals surface area contributed by atoms with E-state index in [2.05, 4.69) is 14.4 Å². The van der Waals surface area contributed by atoms with Gasteiger partial charge in [-0.3, -0.25) is 9.52 Å². The molecule has 0 aliphatic rings. The molecule has 27 heavy (non-hydrogen) atoms. The maximum absolute atomic E-state index is 12.6. The Bertz CT molecular complexity index is 1040. The molecule has 0 atom stereocenters. The number of nitrogens with one attached hydrogen (secondary N) is 1. The average Bonchev–Trinajstić information content (AvgIpc) is 3.00. The number of rotatable bonds is 6. The number of thiazole rings is 1. The highest BCUT2D eigenvalue weighted by Crippen LogP contribution is 2.26. The number of sulfonamides is 1. The Labute approximate surface area is 161 Å². The summed E-state index contributed by atoms with van der Waals surface area (Å²) in [4.78, 5) is 16.5. The van der Waals surface area contributed by atoms with Crippen molar-refractivity contribution in [2.75, 3.05) is 11.8 Å². The van der Waals surface area contributed by atoms with Gasteiger partial charge in [0.25, 0.3) is 10.0 Å². The van der Waals surface area contributed by atoms with E-state index in [1.165, 1.54) is 18.4 Å². The Kier molecular flexibility index (Phi) is 5.57. The van der Waals surface area contributed by atoms with Crippen LogP contribution in [-0.4, -0.2) is 26.5 Å². The first-order valence-corrected chi connectivity index (χ1v) is 10.4. The van der Waals surface area contributed by atoms with E-state index >= 15 is 0 Å². The number of hydrogen-bond donors (Lipinski definition) is 1. The lowest BCUT2D eigenvalue weighted by atomic mass is 10.1. The molecule has 0 unspecified atom stereocenters. The van der Waals surface area contributed by atoms with Crippen molar-refractivity contribution in [3.8, 4) is 11.1 Å². The van der Waals surface area contributed by atoms with Crippen molar-refractivity contribution in [1.29, 1.82) is 0 Å². The number of hydrogen-bond acceptors (Lipinski definition) is 6. The lowest BCUT2D eigenvalue weighted by Gasteiger charge is -2.07. The average molecular weight is 402 g/mol. The number of esters is 1. The van der Waals surface area contributed by atoms with Gasteiger partial charge >= 0.3 is 5.97 Å². The van der Waals surface area contributed by atoms with Crippen LogP contribution >= 0.6 is 11.3 Å². The molecule has 0 saturated heterocycles. The molecule has 0 spiro atoms. The van der Waals surface area contributed by atoms with Crippen LogP contribution in [0.5, 0.6) is 0 Å². The van der Waals surface area contributed by atoms with Gasteiger partial charge in [0.2, 0.25) is 0 Å². The number of ether oxygens (including phenoxy) is 1. The van der Waals surface area contributed by atoms with E-state index in [-0.39, 0.29) is 16.4 Å². The number of anilines is 1. The molecule has 0 aliphatic heterocycles.